The van der Waals surface area contributed by atoms with Gasteiger partial charge in [-0.1, -0.05) is 17.7 Å². The van der Waals surface area contributed by atoms with Gasteiger partial charge in [-0.05, 0) is 31.9 Å². The molecular weight excluding hydrogens is 246 g/mol. The summed E-state index contributed by atoms with van der Waals surface area (Å²) in [5.41, 5.74) is 5.71. The lowest BCUT2D eigenvalue weighted by molar-refractivity contribution is -0.139. The number of carbonyl (C=O) groups is 3. The van der Waals surface area contributed by atoms with E-state index in [-0.39, 0.29) is 6.04 Å². The fraction of sp³-hybridized carbons (Fsp3) is 0.308. The first kappa shape index (κ1) is 13.1. The van der Waals surface area contributed by atoms with Crippen LogP contribution in [0.1, 0.15) is 28.8 Å². The summed E-state index contributed by atoms with van der Waals surface area (Å²) >= 11 is 0. The molecule has 1 aromatic rings. The van der Waals surface area contributed by atoms with Crippen LogP contribution in [-0.4, -0.2) is 23.8 Å². The van der Waals surface area contributed by atoms with Gasteiger partial charge in [-0.25, -0.2) is 0 Å². The van der Waals surface area contributed by atoms with Crippen LogP contribution in [0.3, 0.4) is 0 Å². The molecule has 100 valence electrons. The summed E-state index contributed by atoms with van der Waals surface area (Å²) in [6.07, 6.45) is 1.80. The number of hydrazine groups is 1. The van der Waals surface area contributed by atoms with Gasteiger partial charge in [0.2, 0.25) is 0 Å². The summed E-state index contributed by atoms with van der Waals surface area (Å²) in [5.74, 6) is -2.06. The first-order valence-corrected chi connectivity index (χ1v) is 6.04. The molecule has 1 saturated carbocycles. The average Bonchev–Trinajstić information content (AvgIpc) is 3.20. The number of nitrogens with one attached hydrogen (secondary N) is 3. The third-order valence-electron chi connectivity index (χ3n) is 2.72. The molecular formula is C13H15N3O3. The van der Waals surface area contributed by atoms with Gasteiger partial charge in [0.05, 0.1) is 0 Å². The normalized spacial score (nSPS) is 13.5. The van der Waals surface area contributed by atoms with Crippen LogP contribution in [0, 0.1) is 6.92 Å². The molecule has 0 aliphatic heterocycles. The Hall–Kier alpha value is -2.37. The minimum Gasteiger partial charge on any atom is -0.345 e. The SMILES string of the molecule is Cc1ccc(C(=O)NNC(=O)C(=O)NC2CC2)cc1. The maximum absolute atomic E-state index is 11.7. The highest BCUT2D eigenvalue weighted by Gasteiger charge is 2.26. The maximum Gasteiger partial charge on any atom is 0.327 e. The molecule has 0 saturated heterocycles. The van der Waals surface area contributed by atoms with E-state index in [1.807, 2.05) is 6.92 Å². The standard InChI is InChI=1S/C13H15N3O3/c1-8-2-4-9(5-3-8)11(17)15-16-13(19)12(18)14-10-6-7-10/h2-5,10H,6-7H2,1H3,(H,14,18)(H,15,17)(H,16,19). The van der Waals surface area contributed by atoms with E-state index in [1.165, 1.54) is 0 Å². The largest absolute Gasteiger partial charge is 0.345 e. The summed E-state index contributed by atoms with van der Waals surface area (Å²) in [5, 5.41) is 2.52. The molecule has 3 N–H and O–H groups in total. The van der Waals surface area contributed by atoms with Gasteiger partial charge < -0.3 is 5.32 Å². The predicted octanol–water partition coefficient (Wildman–Crippen LogP) is 0.0346. The van der Waals surface area contributed by atoms with E-state index in [4.69, 9.17) is 0 Å². The first-order chi connectivity index (χ1) is 9.06. The summed E-state index contributed by atoms with van der Waals surface area (Å²) in [4.78, 5) is 34.3. The van der Waals surface area contributed by atoms with Crippen molar-refractivity contribution in [2.45, 2.75) is 25.8 Å². The van der Waals surface area contributed by atoms with Gasteiger partial charge in [-0.2, -0.15) is 0 Å². The molecule has 6 heteroatoms. The van der Waals surface area contributed by atoms with Gasteiger partial charge in [-0.3, -0.25) is 25.2 Å². The summed E-state index contributed by atoms with van der Waals surface area (Å²) < 4.78 is 0. The van der Waals surface area contributed by atoms with Crippen molar-refractivity contribution in [2.24, 2.45) is 0 Å². The maximum atomic E-state index is 11.7. The monoisotopic (exact) mass is 261 g/mol. The fourth-order valence-electron chi connectivity index (χ4n) is 1.43. The highest BCUT2D eigenvalue weighted by Crippen LogP contribution is 2.18. The predicted molar refractivity (Wildman–Crippen MR) is 68.0 cm³/mol. The zero-order valence-corrected chi connectivity index (χ0v) is 10.5. The smallest absolute Gasteiger partial charge is 0.327 e. The summed E-state index contributed by atoms with van der Waals surface area (Å²) in [7, 11) is 0. The molecule has 0 aromatic heterocycles. The highest BCUT2D eigenvalue weighted by molar-refractivity contribution is 6.35. The lowest BCUT2D eigenvalue weighted by atomic mass is 10.1. The number of hydrogen-bond acceptors (Lipinski definition) is 3. The van der Waals surface area contributed by atoms with Gasteiger partial charge in [0.15, 0.2) is 0 Å². The number of hydrogen-bond donors (Lipinski definition) is 3. The number of aryl methyl sites for hydroxylation is 1. The van der Waals surface area contributed by atoms with Crippen molar-refractivity contribution < 1.29 is 14.4 Å². The number of rotatable bonds is 2. The van der Waals surface area contributed by atoms with E-state index in [0.29, 0.717) is 5.56 Å². The number of benzene rings is 1. The Kier molecular flexibility index (Phi) is 3.79. The molecule has 0 unspecified atom stereocenters. The lowest BCUT2D eigenvalue weighted by Gasteiger charge is -2.07. The van der Waals surface area contributed by atoms with Crippen LogP contribution >= 0.6 is 0 Å². The fourth-order valence-corrected chi connectivity index (χ4v) is 1.43. The van der Waals surface area contributed by atoms with E-state index in [9.17, 15) is 14.4 Å². The van der Waals surface area contributed by atoms with Gasteiger partial charge in [0.1, 0.15) is 0 Å². The first-order valence-electron chi connectivity index (χ1n) is 6.04. The van der Waals surface area contributed by atoms with E-state index >= 15 is 0 Å². The van der Waals surface area contributed by atoms with E-state index in [0.717, 1.165) is 18.4 Å². The molecule has 3 amide bonds. The van der Waals surface area contributed by atoms with Crippen molar-refractivity contribution >= 4 is 17.7 Å². The molecule has 1 aromatic carbocycles. The molecule has 19 heavy (non-hydrogen) atoms. The van der Waals surface area contributed by atoms with Crippen molar-refractivity contribution in [3.8, 4) is 0 Å². The van der Waals surface area contributed by atoms with Crippen LogP contribution in [0.4, 0.5) is 0 Å². The lowest BCUT2D eigenvalue weighted by Crippen LogP contribution is -2.48. The number of amides is 3. The van der Waals surface area contributed by atoms with Gasteiger partial charge >= 0.3 is 11.8 Å². The molecule has 6 nitrogen and oxygen atoms in total. The second-order valence-electron chi connectivity index (χ2n) is 4.52. The van der Waals surface area contributed by atoms with E-state index in [2.05, 4.69) is 16.2 Å². The third kappa shape index (κ3) is 3.80. The van der Waals surface area contributed by atoms with Crippen LogP contribution in [0.5, 0.6) is 0 Å². The van der Waals surface area contributed by atoms with Crippen LogP contribution in [0.25, 0.3) is 0 Å². The summed E-state index contributed by atoms with van der Waals surface area (Å²) in [6, 6.07) is 6.96. The molecule has 0 atom stereocenters. The number of carbonyl (C=O) groups excluding carboxylic acids is 3. The van der Waals surface area contributed by atoms with Crippen LogP contribution < -0.4 is 16.2 Å². The van der Waals surface area contributed by atoms with E-state index in [1.54, 1.807) is 24.3 Å². The second-order valence-corrected chi connectivity index (χ2v) is 4.52. The molecule has 1 aliphatic carbocycles. The van der Waals surface area contributed by atoms with Gasteiger partial charge in [0.25, 0.3) is 5.91 Å². The third-order valence-corrected chi connectivity index (χ3v) is 2.72. The molecule has 0 bridgehead atoms. The van der Waals surface area contributed by atoms with Crippen LogP contribution in [-0.2, 0) is 9.59 Å². The Morgan fingerprint density at radius 1 is 1.00 bits per heavy atom. The molecule has 2 rings (SSSR count). The van der Waals surface area contributed by atoms with Crippen molar-refractivity contribution in [2.75, 3.05) is 0 Å². The zero-order chi connectivity index (χ0) is 13.8. The quantitative estimate of drug-likeness (QED) is 0.518. The average molecular weight is 261 g/mol. The van der Waals surface area contributed by atoms with Crippen molar-refractivity contribution in [3.05, 3.63) is 35.4 Å². The summed E-state index contributed by atoms with van der Waals surface area (Å²) in [6.45, 7) is 1.91. The van der Waals surface area contributed by atoms with Gasteiger partial charge in [0, 0.05) is 11.6 Å². The Bertz CT molecular complexity index is 506. The molecule has 1 aliphatic rings. The topological polar surface area (TPSA) is 87.3 Å². The van der Waals surface area contributed by atoms with Crippen LogP contribution in [0.15, 0.2) is 24.3 Å². The highest BCUT2D eigenvalue weighted by atomic mass is 16.2. The molecule has 0 radical (unpaired) electrons. The van der Waals surface area contributed by atoms with Gasteiger partial charge in [-0.15, -0.1) is 0 Å². The Balaban J connectivity index is 1.80. The minimum atomic E-state index is -0.868. The zero-order valence-electron chi connectivity index (χ0n) is 10.5. The van der Waals surface area contributed by atoms with Crippen molar-refractivity contribution in [1.82, 2.24) is 16.2 Å². The Labute approximate surface area is 110 Å². The van der Waals surface area contributed by atoms with Crippen LogP contribution in [0.2, 0.25) is 0 Å². The molecule has 0 heterocycles. The van der Waals surface area contributed by atoms with Crippen molar-refractivity contribution in [1.29, 1.82) is 0 Å². The minimum absolute atomic E-state index is 0.103. The Morgan fingerprint density at radius 3 is 2.21 bits per heavy atom. The Morgan fingerprint density at radius 2 is 1.63 bits per heavy atom. The molecule has 1 fully saturated rings. The van der Waals surface area contributed by atoms with Crippen molar-refractivity contribution in [3.63, 3.8) is 0 Å². The van der Waals surface area contributed by atoms with E-state index < -0.39 is 17.7 Å². The second kappa shape index (κ2) is 5.51. The molecule has 0 spiro atoms.